The summed E-state index contributed by atoms with van der Waals surface area (Å²) >= 11 is 6.02. The molecule has 0 aliphatic carbocycles. The first-order valence-corrected chi connectivity index (χ1v) is 11.5. The maximum Gasteiger partial charge on any atom is 0.272 e. The molecule has 13 heteroatoms. The first-order chi connectivity index (χ1) is 17.7. The van der Waals surface area contributed by atoms with Gasteiger partial charge in [-0.1, -0.05) is 18.5 Å². The summed E-state index contributed by atoms with van der Waals surface area (Å²) < 4.78 is 26.4. The zero-order chi connectivity index (χ0) is 26.9. The van der Waals surface area contributed by atoms with Crippen molar-refractivity contribution in [3.63, 3.8) is 0 Å². The van der Waals surface area contributed by atoms with E-state index in [9.17, 15) is 9.59 Å². The molecule has 2 aromatic carbocycles. The van der Waals surface area contributed by atoms with E-state index in [1.807, 2.05) is 6.92 Å². The van der Waals surface area contributed by atoms with Crippen molar-refractivity contribution in [2.24, 2.45) is 5.73 Å². The molecule has 2 amide bonds. The number of halogens is 3. The number of nitrogens with zero attached hydrogens (tertiary/aromatic N) is 1. The summed E-state index contributed by atoms with van der Waals surface area (Å²) in [7, 11) is 1.40. The zero-order valence-electron chi connectivity index (χ0n) is 20.5. The lowest BCUT2D eigenvalue weighted by atomic mass is 10.0. The van der Waals surface area contributed by atoms with Gasteiger partial charge >= 0.3 is 0 Å². The predicted octanol–water partition coefficient (Wildman–Crippen LogP) is 3.99. The Hall–Kier alpha value is -4.09. The first kappa shape index (κ1) is 30.1. The predicted molar refractivity (Wildman–Crippen MR) is 145 cm³/mol. The van der Waals surface area contributed by atoms with E-state index in [0.717, 1.165) is 0 Å². The molecule has 0 bridgehead atoms. The summed E-state index contributed by atoms with van der Waals surface area (Å²) in [5, 5.41) is 10.6. The Morgan fingerprint density at radius 2 is 1.89 bits per heavy atom. The summed E-state index contributed by atoms with van der Waals surface area (Å²) in [6.07, 6.45) is 3.30. The molecule has 202 valence electrons. The molecule has 0 fully saturated rings. The Labute approximate surface area is 230 Å². The number of hydrogen-bond donors (Lipinski definition) is 5. The highest BCUT2D eigenvalue weighted by Gasteiger charge is 2.28. The zero-order valence-corrected chi connectivity index (χ0v) is 22.1. The molecule has 0 saturated heterocycles. The fourth-order valence-electron chi connectivity index (χ4n) is 3.24. The van der Waals surface area contributed by atoms with Gasteiger partial charge in [-0.15, -0.1) is 12.4 Å². The van der Waals surface area contributed by atoms with Crippen molar-refractivity contribution in [3.8, 4) is 11.5 Å². The largest absolute Gasteiger partial charge is 0.497 e. The lowest BCUT2D eigenvalue weighted by Crippen LogP contribution is -2.45. The minimum atomic E-state index is -1.34. The molecular weight excluding hydrogens is 538 g/mol. The normalized spacial score (nSPS) is 10.9. The summed E-state index contributed by atoms with van der Waals surface area (Å²) in [4.78, 5) is 29.6. The number of hydrazine groups is 1. The highest BCUT2D eigenvalue weighted by Crippen LogP contribution is 2.33. The molecule has 10 nitrogen and oxygen atoms in total. The second-order valence-electron chi connectivity index (χ2n) is 7.74. The molecule has 3 rings (SSSR count). The van der Waals surface area contributed by atoms with E-state index in [0.29, 0.717) is 17.7 Å². The van der Waals surface area contributed by atoms with Crippen LogP contribution in [0.25, 0.3) is 0 Å². The van der Waals surface area contributed by atoms with Gasteiger partial charge in [0.25, 0.3) is 11.8 Å². The summed E-state index contributed by atoms with van der Waals surface area (Å²) in [5.41, 5.74) is 10.9. The molecule has 1 aromatic heterocycles. The van der Waals surface area contributed by atoms with Crippen LogP contribution in [-0.4, -0.2) is 36.4 Å². The van der Waals surface area contributed by atoms with Crippen molar-refractivity contribution in [2.75, 3.05) is 19.0 Å². The number of anilines is 1. The van der Waals surface area contributed by atoms with Crippen molar-refractivity contribution in [2.45, 2.75) is 19.4 Å². The third-order valence-electron chi connectivity index (χ3n) is 5.13. The van der Waals surface area contributed by atoms with Crippen LogP contribution in [0, 0.1) is 11.2 Å². The highest BCUT2D eigenvalue weighted by molar-refractivity contribution is 6.33. The number of aromatic nitrogens is 1. The van der Waals surface area contributed by atoms with Crippen LogP contribution in [0.5, 0.6) is 11.5 Å². The topological polar surface area (TPSA) is 151 Å². The Morgan fingerprint density at radius 1 is 1.18 bits per heavy atom. The molecule has 0 spiro atoms. The number of nitrogens with two attached hydrogens (primary N) is 1. The van der Waals surface area contributed by atoms with Crippen LogP contribution in [0.4, 0.5) is 10.1 Å². The number of benzene rings is 2. The van der Waals surface area contributed by atoms with Gasteiger partial charge in [0.1, 0.15) is 17.6 Å². The maximum atomic E-state index is 15.6. The van der Waals surface area contributed by atoms with E-state index in [1.54, 1.807) is 24.3 Å². The number of amidine groups is 1. The van der Waals surface area contributed by atoms with Crippen LogP contribution in [0.2, 0.25) is 5.02 Å². The van der Waals surface area contributed by atoms with E-state index in [-0.39, 0.29) is 52.5 Å². The number of hydrogen-bond acceptors (Lipinski definition) is 7. The lowest BCUT2D eigenvalue weighted by Gasteiger charge is -2.22. The molecule has 0 saturated carbocycles. The number of nitrogen functional groups attached to an aromatic ring is 1. The average molecular weight is 565 g/mol. The molecule has 3 aromatic rings. The minimum absolute atomic E-state index is 0. The van der Waals surface area contributed by atoms with Crippen LogP contribution < -0.4 is 31.4 Å². The molecule has 0 aliphatic heterocycles. The number of methoxy groups -OCH3 is 1. The van der Waals surface area contributed by atoms with Crippen molar-refractivity contribution < 1.29 is 23.5 Å². The van der Waals surface area contributed by atoms with E-state index in [2.05, 4.69) is 21.2 Å². The van der Waals surface area contributed by atoms with E-state index in [1.165, 1.54) is 37.7 Å². The van der Waals surface area contributed by atoms with Crippen LogP contribution >= 0.6 is 24.0 Å². The van der Waals surface area contributed by atoms with Crippen molar-refractivity contribution in [1.82, 2.24) is 15.8 Å². The van der Waals surface area contributed by atoms with Gasteiger partial charge in [0.2, 0.25) is 0 Å². The highest BCUT2D eigenvalue weighted by atomic mass is 35.5. The van der Waals surface area contributed by atoms with Crippen molar-refractivity contribution in [3.05, 3.63) is 82.4 Å². The van der Waals surface area contributed by atoms with Crippen molar-refractivity contribution in [1.29, 1.82) is 5.41 Å². The lowest BCUT2D eigenvalue weighted by molar-refractivity contribution is -0.122. The number of amides is 2. The van der Waals surface area contributed by atoms with Crippen LogP contribution in [0.15, 0.2) is 54.9 Å². The van der Waals surface area contributed by atoms with E-state index in [4.69, 9.17) is 32.2 Å². The number of rotatable bonds is 10. The van der Waals surface area contributed by atoms with Crippen LogP contribution in [0.1, 0.15) is 40.9 Å². The smallest absolute Gasteiger partial charge is 0.272 e. The van der Waals surface area contributed by atoms with E-state index >= 15 is 4.39 Å². The molecule has 1 unspecified atom stereocenters. The molecule has 1 heterocycles. The van der Waals surface area contributed by atoms with Gasteiger partial charge in [0.15, 0.2) is 11.6 Å². The van der Waals surface area contributed by atoms with Gasteiger partial charge in [0.05, 0.1) is 24.3 Å². The van der Waals surface area contributed by atoms with Gasteiger partial charge in [-0.2, -0.15) is 0 Å². The van der Waals surface area contributed by atoms with E-state index < -0.39 is 23.7 Å². The summed E-state index contributed by atoms with van der Waals surface area (Å²) in [6, 6.07) is 9.14. The number of nitrogens with one attached hydrogen (secondary N) is 4. The molecule has 0 radical (unpaired) electrons. The Morgan fingerprint density at radius 3 is 2.50 bits per heavy atom. The monoisotopic (exact) mass is 564 g/mol. The number of carbonyl (C=O) groups excluding carboxylic acids is 2. The van der Waals surface area contributed by atoms with Gasteiger partial charge in [0, 0.05) is 35.3 Å². The van der Waals surface area contributed by atoms with Gasteiger partial charge < -0.3 is 20.5 Å². The summed E-state index contributed by atoms with van der Waals surface area (Å²) in [6.45, 7) is 2.13. The molecule has 1 atom stereocenters. The third kappa shape index (κ3) is 7.46. The minimum Gasteiger partial charge on any atom is -0.497 e. The third-order valence-corrected chi connectivity index (χ3v) is 5.46. The summed E-state index contributed by atoms with van der Waals surface area (Å²) in [5.74, 6) is -2.24. The standard InChI is InChI=1S/C25H26ClFN6O4.ClH/c1-3-10-37-20-12-16(36-2)11-17(21(20)27)22(31-15-6-4-14(5-7-15)23(28)29)25(35)33-32-24(34)18-13-30-9-8-19(18)26;/h4-9,11-13,22,31H,3,10H2,1-2H3,(H3,28,29)(H,32,34)(H,33,35);1H. The molecule has 38 heavy (non-hydrogen) atoms. The number of ether oxygens (including phenoxy) is 2. The molecule has 6 N–H and O–H groups in total. The second-order valence-corrected chi connectivity index (χ2v) is 8.15. The number of pyridine rings is 1. The number of carbonyl (C=O) groups is 2. The van der Waals surface area contributed by atoms with Gasteiger partial charge in [-0.3, -0.25) is 30.8 Å². The Kier molecular flexibility index (Phi) is 11.1. The average Bonchev–Trinajstić information content (AvgIpc) is 2.90. The SMILES string of the molecule is CCCOc1cc(OC)cc(C(Nc2ccc(C(=N)N)cc2)C(=O)NNC(=O)c2cnccc2Cl)c1F.Cl. The second kappa shape index (κ2) is 14.0. The van der Waals surface area contributed by atoms with Gasteiger partial charge in [-0.25, -0.2) is 4.39 Å². The Bertz CT molecular complexity index is 1290. The fraction of sp³-hybridized carbons (Fsp3) is 0.200. The van der Waals surface area contributed by atoms with Crippen LogP contribution in [-0.2, 0) is 4.79 Å². The van der Waals surface area contributed by atoms with Gasteiger partial charge in [-0.05, 0) is 42.8 Å². The first-order valence-electron chi connectivity index (χ1n) is 11.2. The van der Waals surface area contributed by atoms with Crippen molar-refractivity contribution >= 4 is 47.3 Å². The molecule has 0 aliphatic rings. The quantitative estimate of drug-likeness (QED) is 0.142. The van der Waals surface area contributed by atoms with Crippen LogP contribution in [0.3, 0.4) is 0 Å². The molecular formula is C25H27Cl2FN6O4. The Balaban J connectivity index is 0.00000507. The maximum absolute atomic E-state index is 15.6. The fourth-order valence-corrected chi connectivity index (χ4v) is 3.43.